The van der Waals surface area contributed by atoms with E-state index >= 15 is 0 Å². The predicted octanol–water partition coefficient (Wildman–Crippen LogP) is 3.12. The van der Waals surface area contributed by atoms with Crippen molar-refractivity contribution in [3.63, 3.8) is 0 Å². The maximum Gasteiger partial charge on any atom is 0.261 e. The zero-order valence-electron chi connectivity index (χ0n) is 15.5. The van der Waals surface area contributed by atoms with Gasteiger partial charge in [-0.1, -0.05) is 24.3 Å². The predicted molar refractivity (Wildman–Crippen MR) is 107 cm³/mol. The Kier molecular flexibility index (Phi) is 5.82. The molecule has 2 aromatic rings. The average molecular weight is 388 g/mol. The molecule has 0 bridgehead atoms. The van der Waals surface area contributed by atoms with Gasteiger partial charge in [0.15, 0.2) is 0 Å². The number of sulfonamides is 1. The summed E-state index contributed by atoms with van der Waals surface area (Å²) in [5, 5.41) is 6.26. The van der Waals surface area contributed by atoms with Gasteiger partial charge >= 0.3 is 0 Å². The van der Waals surface area contributed by atoms with Crippen LogP contribution >= 0.6 is 0 Å². The van der Waals surface area contributed by atoms with Crippen molar-refractivity contribution in [3.8, 4) is 0 Å². The third-order valence-electron chi connectivity index (χ3n) is 4.80. The van der Waals surface area contributed by atoms with Gasteiger partial charge in [-0.3, -0.25) is 9.52 Å². The molecular weight excluding hydrogens is 362 g/mol. The fourth-order valence-corrected chi connectivity index (χ4v) is 4.37. The molecule has 1 amide bonds. The second-order valence-corrected chi connectivity index (χ2v) is 8.70. The molecule has 0 spiro atoms. The second-order valence-electron chi connectivity index (χ2n) is 7.01. The van der Waals surface area contributed by atoms with Gasteiger partial charge in [-0.2, -0.15) is 0 Å². The lowest BCUT2D eigenvalue weighted by Gasteiger charge is -2.27. The molecule has 27 heavy (non-hydrogen) atoms. The molecule has 1 aliphatic heterocycles. The lowest BCUT2D eigenvalue weighted by atomic mass is 9.92. The first-order valence-corrected chi connectivity index (χ1v) is 10.6. The monoisotopic (exact) mass is 387 g/mol. The van der Waals surface area contributed by atoms with E-state index in [0.29, 0.717) is 17.4 Å². The summed E-state index contributed by atoms with van der Waals surface area (Å²) in [6, 6.07) is 13.8. The highest BCUT2D eigenvalue weighted by molar-refractivity contribution is 7.92. The largest absolute Gasteiger partial charge is 0.326 e. The van der Waals surface area contributed by atoms with E-state index in [1.165, 1.54) is 0 Å². The Morgan fingerprint density at radius 3 is 2.59 bits per heavy atom. The smallest absolute Gasteiger partial charge is 0.261 e. The van der Waals surface area contributed by atoms with Gasteiger partial charge in [0.25, 0.3) is 10.0 Å². The van der Waals surface area contributed by atoms with Crippen molar-refractivity contribution in [1.82, 2.24) is 5.32 Å². The molecule has 6 nitrogen and oxygen atoms in total. The third kappa shape index (κ3) is 4.87. The van der Waals surface area contributed by atoms with E-state index in [2.05, 4.69) is 22.3 Å². The Balaban J connectivity index is 1.75. The summed E-state index contributed by atoms with van der Waals surface area (Å²) in [6.07, 6.45) is 1.60. The van der Waals surface area contributed by atoms with E-state index < -0.39 is 10.0 Å². The average Bonchev–Trinajstić information content (AvgIpc) is 2.65. The van der Waals surface area contributed by atoms with Gasteiger partial charge in [0, 0.05) is 17.6 Å². The number of nitrogens with one attached hydrogen (secondary N) is 3. The third-order valence-corrected chi connectivity index (χ3v) is 6.18. The van der Waals surface area contributed by atoms with Crippen molar-refractivity contribution in [3.05, 3.63) is 54.1 Å². The minimum Gasteiger partial charge on any atom is -0.326 e. The van der Waals surface area contributed by atoms with Crippen LogP contribution in [-0.2, 0) is 14.8 Å². The topological polar surface area (TPSA) is 87.3 Å². The summed E-state index contributed by atoms with van der Waals surface area (Å²) in [7, 11) is -3.68. The number of hydrogen-bond acceptors (Lipinski definition) is 4. The Morgan fingerprint density at radius 1 is 1.15 bits per heavy atom. The SMILES string of the molecule is Cc1ccc(NC(=O)[C@H]2CCN[C@@H](C)C2)cc1NS(=O)(=O)c1ccccc1. The van der Waals surface area contributed by atoms with E-state index in [4.69, 9.17) is 0 Å². The van der Waals surface area contributed by atoms with E-state index in [0.717, 1.165) is 24.9 Å². The molecule has 0 radical (unpaired) electrons. The van der Waals surface area contributed by atoms with Crippen molar-refractivity contribution in [1.29, 1.82) is 0 Å². The van der Waals surface area contributed by atoms with Crippen LogP contribution in [0.3, 0.4) is 0 Å². The summed E-state index contributed by atoms with van der Waals surface area (Å²) >= 11 is 0. The van der Waals surface area contributed by atoms with Gasteiger partial charge in [-0.15, -0.1) is 0 Å². The Labute approximate surface area is 160 Å². The van der Waals surface area contributed by atoms with Crippen LogP contribution in [0.4, 0.5) is 11.4 Å². The van der Waals surface area contributed by atoms with Gasteiger partial charge in [0.05, 0.1) is 10.6 Å². The van der Waals surface area contributed by atoms with Gasteiger partial charge < -0.3 is 10.6 Å². The molecule has 1 aliphatic rings. The van der Waals surface area contributed by atoms with E-state index in [1.807, 2.05) is 6.92 Å². The van der Waals surface area contributed by atoms with Crippen molar-refractivity contribution >= 4 is 27.3 Å². The minimum absolute atomic E-state index is 0.0240. The number of benzene rings is 2. The molecule has 1 saturated heterocycles. The molecule has 0 aliphatic carbocycles. The van der Waals surface area contributed by atoms with Crippen LogP contribution in [-0.4, -0.2) is 26.9 Å². The first-order valence-electron chi connectivity index (χ1n) is 9.08. The van der Waals surface area contributed by atoms with Gasteiger partial charge in [-0.25, -0.2) is 8.42 Å². The van der Waals surface area contributed by atoms with Crippen molar-refractivity contribution in [2.75, 3.05) is 16.6 Å². The minimum atomic E-state index is -3.68. The maximum atomic E-state index is 12.6. The fraction of sp³-hybridized carbons (Fsp3) is 0.350. The number of rotatable bonds is 5. The van der Waals surface area contributed by atoms with Crippen LogP contribution in [0.15, 0.2) is 53.4 Å². The summed E-state index contributed by atoms with van der Waals surface area (Å²) in [5.41, 5.74) is 1.82. The van der Waals surface area contributed by atoms with Crippen LogP contribution in [0.1, 0.15) is 25.3 Å². The Bertz CT molecular complexity index is 913. The van der Waals surface area contributed by atoms with Crippen LogP contribution < -0.4 is 15.4 Å². The van der Waals surface area contributed by atoms with Crippen LogP contribution in [0, 0.1) is 12.8 Å². The Hall–Kier alpha value is -2.38. The summed E-state index contributed by atoms with van der Waals surface area (Å²) < 4.78 is 27.7. The number of carbonyl (C=O) groups excluding carboxylic acids is 1. The molecule has 2 atom stereocenters. The van der Waals surface area contributed by atoms with E-state index in [9.17, 15) is 13.2 Å². The van der Waals surface area contributed by atoms with Crippen LogP contribution in [0.25, 0.3) is 0 Å². The highest BCUT2D eigenvalue weighted by Gasteiger charge is 2.25. The first kappa shape index (κ1) is 19.4. The van der Waals surface area contributed by atoms with E-state index in [-0.39, 0.29) is 16.7 Å². The molecule has 3 rings (SSSR count). The molecule has 0 saturated carbocycles. The quantitative estimate of drug-likeness (QED) is 0.736. The number of anilines is 2. The maximum absolute atomic E-state index is 12.6. The standard InChI is InChI=1S/C20H25N3O3S/c1-14-8-9-17(22-20(24)16-10-11-21-15(2)12-16)13-19(14)23-27(25,26)18-6-4-3-5-7-18/h3-9,13,15-16,21,23H,10-12H2,1-2H3,(H,22,24)/t15-,16-/m0/s1. The van der Waals surface area contributed by atoms with Gasteiger partial charge in [0.1, 0.15) is 0 Å². The molecule has 2 aromatic carbocycles. The molecule has 3 N–H and O–H groups in total. The first-order chi connectivity index (χ1) is 12.8. The molecule has 144 valence electrons. The molecule has 0 aromatic heterocycles. The highest BCUT2D eigenvalue weighted by atomic mass is 32.2. The molecule has 1 fully saturated rings. The molecule has 1 heterocycles. The number of amides is 1. The lowest BCUT2D eigenvalue weighted by Crippen LogP contribution is -2.40. The zero-order valence-corrected chi connectivity index (χ0v) is 16.3. The van der Waals surface area contributed by atoms with Gasteiger partial charge in [-0.05, 0) is 63.1 Å². The summed E-state index contributed by atoms with van der Waals surface area (Å²) in [5.74, 6) is -0.0592. The zero-order chi connectivity index (χ0) is 19.4. The Morgan fingerprint density at radius 2 is 1.89 bits per heavy atom. The van der Waals surface area contributed by atoms with Crippen molar-refractivity contribution in [2.45, 2.75) is 37.6 Å². The van der Waals surface area contributed by atoms with E-state index in [1.54, 1.807) is 48.5 Å². The number of hydrogen-bond donors (Lipinski definition) is 3. The summed E-state index contributed by atoms with van der Waals surface area (Å²) in [6.45, 7) is 4.72. The van der Waals surface area contributed by atoms with Crippen LogP contribution in [0.5, 0.6) is 0 Å². The number of carbonyl (C=O) groups is 1. The number of aryl methyl sites for hydroxylation is 1. The van der Waals surface area contributed by atoms with Crippen molar-refractivity contribution in [2.24, 2.45) is 5.92 Å². The van der Waals surface area contributed by atoms with Crippen LogP contribution in [0.2, 0.25) is 0 Å². The normalized spacial score (nSPS) is 20.1. The molecule has 7 heteroatoms. The highest BCUT2D eigenvalue weighted by Crippen LogP contribution is 2.25. The molecule has 0 unspecified atom stereocenters. The lowest BCUT2D eigenvalue weighted by molar-refractivity contribution is -0.120. The summed E-state index contributed by atoms with van der Waals surface area (Å²) in [4.78, 5) is 12.7. The molecular formula is C20H25N3O3S. The van der Waals surface area contributed by atoms with Gasteiger partial charge in [0.2, 0.25) is 5.91 Å². The second kappa shape index (κ2) is 8.10. The fourth-order valence-electron chi connectivity index (χ4n) is 3.23. The number of piperidine rings is 1. The van der Waals surface area contributed by atoms with Crippen molar-refractivity contribution < 1.29 is 13.2 Å².